The second kappa shape index (κ2) is 7.51. The number of carbonyl (C=O) groups excluding carboxylic acids is 1. The average Bonchev–Trinajstić information content (AvgIpc) is 2.04. The quantitative estimate of drug-likeness (QED) is 0.399. The molecule has 1 nitrogen and oxygen atoms in total. The van der Waals surface area contributed by atoms with Crippen LogP contribution in [0.25, 0.3) is 0 Å². The highest BCUT2D eigenvalue weighted by Crippen LogP contribution is 2.05. The molecule has 0 heterocycles. The molecule has 0 aliphatic carbocycles. The van der Waals surface area contributed by atoms with Gasteiger partial charge in [-0.3, -0.25) is 0 Å². The van der Waals surface area contributed by atoms with Gasteiger partial charge in [0.15, 0.2) is 6.60 Å². The highest BCUT2D eigenvalue weighted by atomic mass is 16.1. The minimum Gasteiger partial charge on any atom is -0.312 e. The zero-order valence-electron chi connectivity index (χ0n) is 8.73. The summed E-state index contributed by atoms with van der Waals surface area (Å²) in [7, 11) is 3.12. The van der Waals surface area contributed by atoms with Crippen LogP contribution in [-0.4, -0.2) is 27.1 Å². The van der Waals surface area contributed by atoms with Crippen molar-refractivity contribution in [2.45, 2.75) is 45.9 Å². The smallest absolute Gasteiger partial charge is 0.178 e. The zero-order valence-corrected chi connectivity index (χ0v) is 8.73. The molecule has 0 fully saturated rings. The van der Waals surface area contributed by atoms with E-state index in [0.29, 0.717) is 12.3 Å². The minimum absolute atomic E-state index is 0.335. The lowest BCUT2D eigenvalue weighted by Gasteiger charge is -2.05. The fourth-order valence-corrected chi connectivity index (χ4v) is 1.51. The van der Waals surface area contributed by atoms with E-state index >= 15 is 0 Å². The van der Waals surface area contributed by atoms with E-state index in [-0.39, 0.29) is 0 Å². The molecule has 0 bridgehead atoms. The number of hydrogen-bond acceptors (Lipinski definition) is 1. The molecule has 0 aromatic rings. The fraction of sp³-hybridized carbons (Fsp3) is 0.875. The zero-order chi connectivity index (χ0) is 9.40. The average molecular weight is 164 g/mol. The summed E-state index contributed by atoms with van der Waals surface area (Å²) in [6, 6.07) is 0. The second-order valence-corrected chi connectivity index (χ2v) is 3.57. The lowest BCUT2D eigenvalue weighted by atomic mass is 9.11. The maximum Gasteiger partial charge on any atom is 0.178 e. The van der Waals surface area contributed by atoms with E-state index in [1.165, 1.54) is 25.7 Å². The Morgan fingerprint density at radius 3 is 2.50 bits per heavy atom. The molecule has 0 rings (SSSR count). The maximum atomic E-state index is 11.0. The van der Waals surface area contributed by atoms with Crippen molar-refractivity contribution in [3.63, 3.8) is 0 Å². The summed E-state index contributed by atoms with van der Waals surface area (Å²) in [4.78, 5) is 11.0. The van der Waals surface area contributed by atoms with Gasteiger partial charge in [-0.25, -0.2) is 0 Å². The van der Waals surface area contributed by atoms with Crippen LogP contribution in [0.3, 0.4) is 0 Å². The number of unbranched alkanes of at least 4 members (excludes halogenated alkanes) is 3. The van der Waals surface area contributed by atoms with Gasteiger partial charge in [0.25, 0.3) is 0 Å². The Morgan fingerprint density at radius 1 is 1.42 bits per heavy atom. The Hall–Kier alpha value is -0.135. The van der Waals surface area contributed by atoms with Crippen molar-refractivity contribution in [2.24, 2.45) is 0 Å². The van der Waals surface area contributed by atoms with Gasteiger partial charge in [-0.2, -0.15) is 0 Å². The van der Waals surface area contributed by atoms with E-state index in [0.717, 1.165) is 13.4 Å². The fourth-order valence-electron chi connectivity index (χ4n) is 1.51. The van der Waals surface area contributed by atoms with Crippen LogP contribution in [0.1, 0.15) is 39.5 Å². The largest absolute Gasteiger partial charge is 0.312 e. The lowest BCUT2D eigenvalue weighted by Crippen LogP contribution is -2.31. The van der Waals surface area contributed by atoms with Gasteiger partial charge in [0.2, 0.25) is 0 Å². The molecular formula is C8H19B3O. The summed E-state index contributed by atoms with van der Waals surface area (Å²) in [5.74, 6) is 0. The molecule has 0 aliphatic heterocycles. The molecule has 0 aromatic carbocycles. The predicted molar refractivity (Wildman–Crippen MR) is 61.1 cm³/mol. The highest BCUT2D eigenvalue weighted by molar-refractivity contribution is 7.41. The van der Waals surface area contributed by atoms with Crippen LogP contribution in [0.5, 0.6) is 0 Å². The summed E-state index contributed by atoms with van der Waals surface area (Å²) in [5.41, 5.74) is 0.369. The molecule has 66 valence electrons. The summed E-state index contributed by atoms with van der Waals surface area (Å²) in [6.07, 6.45) is 6.21. The first-order valence-electron chi connectivity index (χ1n) is 5.22. The van der Waals surface area contributed by atoms with Crippen molar-refractivity contribution >= 4 is 27.1 Å². The molecule has 0 spiro atoms. The van der Waals surface area contributed by atoms with E-state index in [1.54, 1.807) is 6.92 Å². The van der Waals surface area contributed by atoms with Gasteiger partial charge in [0, 0.05) is 0 Å². The molecule has 0 saturated carbocycles. The van der Waals surface area contributed by atoms with Gasteiger partial charge in [0.05, 0.1) is 20.5 Å². The molecule has 0 aromatic heterocycles. The van der Waals surface area contributed by atoms with Crippen molar-refractivity contribution < 1.29 is 4.79 Å². The third kappa shape index (κ3) is 5.51. The lowest BCUT2D eigenvalue weighted by molar-refractivity contribution is -0.110. The number of rotatable bonds is 7. The van der Waals surface area contributed by atoms with Gasteiger partial charge >= 0.3 is 0 Å². The Bertz CT molecular complexity index is 127. The van der Waals surface area contributed by atoms with Crippen LogP contribution in [0.15, 0.2) is 0 Å². The third-order valence-corrected chi connectivity index (χ3v) is 2.47. The summed E-state index contributed by atoms with van der Waals surface area (Å²) in [6.45, 7) is 4.26. The molecular weight excluding hydrogens is 145 g/mol. The van der Waals surface area contributed by atoms with Crippen LogP contribution in [0.2, 0.25) is 6.32 Å². The molecule has 0 N–H and O–H groups in total. The maximum absolute atomic E-state index is 11.0. The molecule has 0 radical (unpaired) electrons. The molecule has 0 atom stereocenters. The standard InChI is InChI=1S/C8H19B3O/c1-3-4-5-6-7-11(10-9)8(2)12/h10H,3-7,9H2,1-2H3. The second-order valence-electron chi connectivity index (χ2n) is 3.57. The van der Waals surface area contributed by atoms with Crippen LogP contribution in [0.4, 0.5) is 0 Å². The van der Waals surface area contributed by atoms with Gasteiger partial charge in [0.1, 0.15) is 0 Å². The van der Waals surface area contributed by atoms with Crippen molar-refractivity contribution in [1.29, 1.82) is 0 Å². The highest BCUT2D eigenvalue weighted by Gasteiger charge is 2.15. The normalized spacial score (nSPS) is 9.50. The Morgan fingerprint density at radius 2 is 2.08 bits per heavy atom. The minimum atomic E-state index is 0.335. The SMILES string of the molecule is BBB(CCCCCC)C(C)=O. The van der Waals surface area contributed by atoms with E-state index in [1.807, 2.05) is 0 Å². The van der Waals surface area contributed by atoms with E-state index in [2.05, 4.69) is 14.7 Å². The predicted octanol–water partition coefficient (Wildman–Crippen LogP) is 0.671. The van der Waals surface area contributed by atoms with Crippen LogP contribution >= 0.6 is 0 Å². The number of hydrogen-bond donors (Lipinski definition) is 0. The molecule has 0 unspecified atom stereocenters. The Labute approximate surface area is 78.4 Å². The summed E-state index contributed by atoms with van der Waals surface area (Å²) < 4.78 is 0. The van der Waals surface area contributed by atoms with Crippen molar-refractivity contribution in [3.8, 4) is 0 Å². The molecule has 4 heteroatoms. The van der Waals surface area contributed by atoms with Crippen molar-refractivity contribution in [1.82, 2.24) is 0 Å². The van der Waals surface area contributed by atoms with Crippen molar-refractivity contribution in [3.05, 3.63) is 0 Å². The summed E-state index contributed by atoms with van der Waals surface area (Å²) >= 11 is 0. The van der Waals surface area contributed by atoms with Gasteiger partial charge in [-0.15, -0.1) is 0 Å². The van der Waals surface area contributed by atoms with Gasteiger partial charge < -0.3 is 4.79 Å². The molecule has 12 heavy (non-hydrogen) atoms. The first-order valence-corrected chi connectivity index (χ1v) is 5.22. The van der Waals surface area contributed by atoms with Crippen LogP contribution in [-0.2, 0) is 4.79 Å². The van der Waals surface area contributed by atoms with Crippen molar-refractivity contribution in [2.75, 3.05) is 0 Å². The molecule has 0 amide bonds. The van der Waals surface area contributed by atoms with Gasteiger partial charge in [-0.1, -0.05) is 38.9 Å². The molecule has 0 saturated heterocycles. The summed E-state index contributed by atoms with van der Waals surface area (Å²) in [5, 5.41) is 0. The third-order valence-electron chi connectivity index (χ3n) is 2.47. The van der Waals surface area contributed by atoms with Crippen LogP contribution < -0.4 is 0 Å². The Kier molecular flexibility index (Phi) is 7.43. The number of carbonyl (C=O) groups is 1. The topological polar surface area (TPSA) is 17.1 Å². The van der Waals surface area contributed by atoms with Gasteiger partial charge in [-0.05, 0) is 6.92 Å². The van der Waals surface area contributed by atoms with Crippen LogP contribution in [0, 0.1) is 0 Å². The van der Waals surface area contributed by atoms with E-state index in [4.69, 9.17) is 0 Å². The monoisotopic (exact) mass is 164 g/mol. The van der Waals surface area contributed by atoms with E-state index in [9.17, 15) is 4.79 Å². The first-order chi connectivity index (χ1) is 5.72. The van der Waals surface area contributed by atoms with E-state index < -0.39 is 0 Å². The Balaban J connectivity index is 3.38. The first kappa shape index (κ1) is 11.9. The molecule has 0 aliphatic rings.